The van der Waals surface area contributed by atoms with Gasteiger partial charge in [0.05, 0.1) is 7.11 Å². The van der Waals surface area contributed by atoms with Gasteiger partial charge in [0.25, 0.3) is 0 Å². The maximum atomic E-state index is 9.38. The van der Waals surface area contributed by atoms with E-state index in [0.29, 0.717) is 6.54 Å². The van der Waals surface area contributed by atoms with Crippen molar-refractivity contribution in [3.05, 3.63) is 52.5 Å². The average Bonchev–Trinajstić information content (AvgIpc) is 2.37. The van der Waals surface area contributed by atoms with E-state index in [4.69, 9.17) is 4.74 Å². The first-order chi connectivity index (χ1) is 8.69. The molecule has 0 bridgehead atoms. The van der Waals surface area contributed by atoms with E-state index < -0.39 is 0 Å². The van der Waals surface area contributed by atoms with Gasteiger partial charge >= 0.3 is 0 Å². The number of rotatable bonds is 4. The number of methoxy groups -OCH3 is 1. The summed E-state index contributed by atoms with van der Waals surface area (Å²) in [5.74, 6) is 1.09. The minimum absolute atomic E-state index is 0.251. The van der Waals surface area contributed by atoms with Gasteiger partial charge in [-0.2, -0.15) is 0 Å². The van der Waals surface area contributed by atoms with Crippen molar-refractivity contribution >= 4 is 21.6 Å². The molecule has 0 aromatic heterocycles. The molecule has 0 atom stereocenters. The first kappa shape index (κ1) is 12.8. The molecule has 0 saturated heterocycles. The molecule has 2 N–H and O–H groups in total. The van der Waals surface area contributed by atoms with Crippen molar-refractivity contribution in [3.63, 3.8) is 0 Å². The Balaban J connectivity index is 2.12. The van der Waals surface area contributed by atoms with Crippen LogP contribution in [0.3, 0.4) is 0 Å². The van der Waals surface area contributed by atoms with Crippen LogP contribution < -0.4 is 10.1 Å². The van der Waals surface area contributed by atoms with Gasteiger partial charge in [-0.05, 0) is 30.3 Å². The molecule has 0 radical (unpaired) electrons. The molecule has 2 rings (SSSR count). The lowest BCUT2D eigenvalue weighted by atomic mass is 10.2. The number of ether oxygens (including phenoxy) is 1. The molecule has 0 aliphatic heterocycles. The molecule has 2 aromatic carbocycles. The number of aromatic hydroxyl groups is 1. The van der Waals surface area contributed by atoms with Gasteiger partial charge in [0.1, 0.15) is 11.5 Å². The molecule has 0 heterocycles. The maximum Gasteiger partial charge on any atom is 0.123 e. The highest BCUT2D eigenvalue weighted by Gasteiger charge is 2.03. The van der Waals surface area contributed by atoms with E-state index in [1.165, 1.54) is 0 Å². The monoisotopic (exact) mass is 307 g/mol. The predicted molar refractivity (Wildman–Crippen MR) is 76.1 cm³/mol. The van der Waals surface area contributed by atoms with Crippen molar-refractivity contribution in [1.29, 1.82) is 0 Å². The van der Waals surface area contributed by atoms with Gasteiger partial charge in [-0.25, -0.2) is 0 Å². The smallest absolute Gasteiger partial charge is 0.123 e. The van der Waals surface area contributed by atoms with Gasteiger partial charge in [0, 0.05) is 28.3 Å². The van der Waals surface area contributed by atoms with E-state index in [0.717, 1.165) is 21.5 Å². The number of hydrogen-bond acceptors (Lipinski definition) is 3. The Hall–Kier alpha value is -1.68. The van der Waals surface area contributed by atoms with Gasteiger partial charge in [-0.3, -0.25) is 0 Å². The molecule has 3 nitrogen and oxygen atoms in total. The number of hydrogen-bond donors (Lipinski definition) is 2. The van der Waals surface area contributed by atoms with Crippen molar-refractivity contribution in [2.75, 3.05) is 12.4 Å². The van der Waals surface area contributed by atoms with E-state index in [-0.39, 0.29) is 5.75 Å². The molecule has 94 valence electrons. The Morgan fingerprint density at radius 1 is 1.22 bits per heavy atom. The zero-order chi connectivity index (χ0) is 13.0. The summed E-state index contributed by atoms with van der Waals surface area (Å²) in [5.41, 5.74) is 1.92. The van der Waals surface area contributed by atoms with Crippen LogP contribution in [0.5, 0.6) is 11.5 Å². The molecule has 2 aromatic rings. The average molecular weight is 308 g/mol. The van der Waals surface area contributed by atoms with Crippen LogP contribution in [0.2, 0.25) is 0 Å². The first-order valence-corrected chi connectivity index (χ1v) is 6.33. The molecule has 0 aliphatic carbocycles. The van der Waals surface area contributed by atoms with Crippen molar-refractivity contribution < 1.29 is 9.84 Å². The lowest BCUT2D eigenvalue weighted by molar-refractivity contribution is 0.410. The third kappa shape index (κ3) is 3.17. The highest BCUT2D eigenvalue weighted by Crippen LogP contribution is 2.24. The van der Waals surface area contributed by atoms with Crippen LogP contribution in [-0.2, 0) is 6.54 Å². The van der Waals surface area contributed by atoms with E-state index in [1.807, 2.05) is 24.3 Å². The van der Waals surface area contributed by atoms with Crippen molar-refractivity contribution in [1.82, 2.24) is 0 Å². The summed E-state index contributed by atoms with van der Waals surface area (Å²) in [7, 11) is 1.65. The Morgan fingerprint density at radius 2 is 2.06 bits per heavy atom. The molecule has 0 fully saturated rings. The van der Waals surface area contributed by atoms with Crippen LogP contribution in [0.1, 0.15) is 5.56 Å². The normalized spacial score (nSPS) is 10.1. The van der Waals surface area contributed by atoms with Crippen LogP contribution in [0.4, 0.5) is 5.69 Å². The summed E-state index contributed by atoms with van der Waals surface area (Å²) in [6.45, 7) is 0.631. The molecular formula is C14H14BrNO2. The van der Waals surface area contributed by atoms with Crippen molar-refractivity contribution in [2.24, 2.45) is 0 Å². The molecule has 0 amide bonds. The molecular weight excluding hydrogens is 294 g/mol. The van der Waals surface area contributed by atoms with Gasteiger partial charge in [-0.15, -0.1) is 0 Å². The van der Waals surface area contributed by atoms with E-state index in [2.05, 4.69) is 21.2 Å². The minimum Gasteiger partial charge on any atom is -0.508 e. The number of anilines is 1. The predicted octanol–water partition coefficient (Wildman–Crippen LogP) is 3.78. The number of benzene rings is 2. The zero-order valence-electron chi connectivity index (χ0n) is 9.98. The van der Waals surface area contributed by atoms with Crippen LogP contribution in [0.25, 0.3) is 0 Å². The second-order valence-corrected chi connectivity index (χ2v) is 4.78. The fourth-order valence-electron chi connectivity index (χ4n) is 1.70. The van der Waals surface area contributed by atoms with E-state index in [9.17, 15) is 5.11 Å². The summed E-state index contributed by atoms with van der Waals surface area (Å²) < 4.78 is 6.31. The SMILES string of the molecule is COc1ccc(Br)cc1CNc1cccc(O)c1. The summed E-state index contributed by atoms with van der Waals surface area (Å²) in [6, 6.07) is 12.9. The van der Waals surface area contributed by atoms with Crippen LogP contribution in [0.15, 0.2) is 46.9 Å². The van der Waals surface area contributed by atoms with Gasteiger partial charge < -0.3 is 15.2 Å². The fourth-order valence-corrected chi connectivity index (χ4v) is 2.11. The molecule has 0 aliphatic rings. The maximum absolute atomic E-state index is 9.38. The highest BCUT2D eigenvalue weighted by atomic mass is 79.9. The number of phenols is 1. The van der Waals surface area contributed by atoms with Crippen LogP contribution in [0, 0.1) is 0 Å². The quantitative estimate of drug-likeness (QED) is 0.903. The zero-order valence-corrected chi connectivity index (χ0v) is 11.6. The lowest BCUT2D eigenvalue weighted by Gasteiger charge is -2.11. The minimum atomic E-state index is 0.251. The molecule has 18 heavy (non-hydrogen) atoms. The number of phenolic OH excluding ortho intramolecular Hbond substituents is 1. The Labute approximate surface area is 115 Å². The van der Waals surface area contributed by atoms with Crippen LogP contribution in [-0.4, -0.2) is 12.2 Å². The molecule has 4 heteroatoms. The van der Waals surface area contributed by atoms with E-state index >= 15 is 0 Å². The summed E-state index contributed by atoms with van der Waals surface area (Å²) in [6.07, 6.45) is 0. The van der Waals surface area contributed by atoms with Gasteiger partial charge in [0.15, 0.2) is 0 Å². The molecule has 0 saturated carbocycles. The number of halogens is 1. The highest BCUT2D eigenvalue weighted by molar-refractivity contribution is 9.10. The largest absolute Gasteiger partial charge is 0.508 e. The van der Waals surface area contributed by atoms with Gasteiger partial charge in [0.2, 0.25) is 0 Å². The summed E-state index contributed by atoms with van der Waals surface area (Å²) in [5, 5.41) is 12.6. The third-order valence-corrected chi connectivity index (χ3v) is 3.06. The standard InChI is InChI=1S/C14H14BrNO2/c1-18-14-6-5-11(15)7-10(14)9-16-12-3-2-4-13(17)8-12/h2-8,16-17H,9H2,1H3. The molecule has 0 spiro atoms. The Morgan fingerprint density at radius 3 is 2.78 bits per heavy atom. The summed E-state index contributed by atoms with van der Waals surface area (Å²) >= 11 is 3.44. The van der Waals surface area contributed by atoms with Crippen LogP contribution >= 0.6 is 15.9 Å². The fraction of sp³-hybridized carbons (Fsp3) is 0.143. The Bertz CT molecular complexity index is 543. The third-order valence-electron chi connectivity index (χ3n) is 2.57. The first-order valence-electron chi connectivity index (χ1n) is 5.54. The summed E-state index contributed by atoms with van der Waals surface area (Å²) in [4.78, 5) is 0. The lowest BCUT2D eigenvalue weighted by Crippen LogP contribution is -2.01. The van der Waals surface area contributed by atoms with E-state index in [1.54, 1.807) is 25.3 Å². The topological polar surface area (TPSA) is 41.5 Å². The van der Waals surface area contributed by atoms with Crippen molar-refractivity contribution in [2.45, 2.75) is 6.54 Å². The van der Waals surface area contributed by atoms with Gasteiger partial charge in [-0.1, -0.05) is 22.0 Å². The van der Waals surface area contributed by atoms with Crippen molar-refractivity contribution in [3.8, 4) is 11.5 Å². The second kappa shape index (κ2) is 5.78. The number of nitrogens with one attached hydrogen (secondary N) is 1. The molecule has 0 unspecified atom stereocenters. The second-order valence-electron chi connectivity index (χ2n) is 3.86. The Kier molecular flexibility index (Phi) is 4.10.